The number of likely N-dealkylation sites (N-methyl/N-ethyl adjacent to an activating group) is 4. The smallest absolute Gasteiger partial charge is 0.234 e. The van der Waals surface area contributed by atoms with Crippen LogP contribution in [0.1, 0.15) is 33.3 Å². The normalized spacial score (nSPS) is 18.0. The molecule has 13 nitrogen and oxygen atoms in total. The fourth-order valence-corrected chi connectivity index (χ4v) is 5.34. The molecule has 1 fully saturated rings. The average molecular weight is 618 g/mol. The lowest BCUT2D eigenvalue weighted by molar-refractivity contribution is -0.125. The highest BCUT2D eigenvalue weighted by Crippen LogP contribution is 2.15. The van der Waals surface area contributed by atoms with E-state index in [0.717, 1.165) is 5.56 Å². The lowest BCUT2D eigenvalue weighted by Crippen LogP contribution is -2.55. The van der Waals surface area contributed by atoms with Gasteiger partial charge >= 0.3 is 0 Å². The van der Waals surface area contributed by atoms with Gasteiger partial charge in [0.1, 0.15) is 0 Å². The maximum atomic E-state index is 12.9. The fourth-order valence-electron chi connectivity index (χ4n) is 5.34. The second-order valence-electron chi connectivity index (χ2n) is 11.2. The van der Waals surface area contributed by atoms with Crippen LogP contribution in [-0.4, -0.2) is 147 Å². The Morgan fingerprint density at radius 2 is 1.00 bits per heavy atom. The zero-order valence-corrected chi connectivity index (χ0v) is 27.2. The van der Waals surface area contributed by atoms with Crippen LogP contribution in [0.2, 0.25) is 0 Å². The lowest BCUT2D eigenvalue weighted by Gasteiger charge is -2.38. The summed E-state index contributed by atoms with van der Waals surface area (Å²) in [5.74, 6) is -0.249. The monoisotopic (exact) mass is 617 g/mol. The van der Waals surface area contributed by atoms with Crippen LogP contribution in [0.3, 0.4) is 0 Å². The third kappa shape index (κ3) is 14.5. The first-order chi connectivity index (χ1) is 21.2. The van der Waals surface area contributed by atoms with Gasteiger partial charge < -0.3 is 27.0 Å². The van der Waals surface area contributed by atoms with Crippen molar-refractivity contribution in [3.63, 3.8) is 0 Å². The molecule has 1 aliphatic rings. The molecule has 1 atom stereocenters. The van der Waals surface area contributed by atoms with E-state index in [9.17, 15) is 19.2 Å². The van der Waals surface area contributed by atoms with E-state index in [1.54, 1.807) is 0 Å². The van der Waals surface area contributed by atoms with Crippen LogP contribution in [0.4, 0.5) is 5.69 Å². The molecule has 1 heterocycles. The summed E-state index contributed by atoms with van der Waals surface area (Å²) in [6.07, 6.45) is 0.643. The maximum absolute atomic E-state index is 12.9. The van der Waals surface area contributed by atoms with Gasteiger partial charge in [0.05, 0.1) is 26.2 Å². The Morgan fingerprint density at radius 3 is 1.45 bits per heavy atom. The highest BCUT2D eigenvalue weighted by molar-refractivity contribution is 5.79. The molecule has 13 heteroatoms. The zero-order valence-electron chi connectivity index (χ0n) is 27.2. The van der Waals surface area contributed by atoms with Crippen molar-refractivity contribution in [1.82, 2.24) is 40.9 Å². The summed E-state index contributed by atoms with van der Waals surface area (Å²) in [5, 5.41) is 11.6. The summed E-state index contributed by atoms with van der Waals surface area (Å²) in [5.41, 5.74) is 7.72. The van der Waals surface area contributed by atoms with Crippen molar-refractivity contribution in [1.29, 1.82) is 0 Å². The number of hydrogen-bond acceptors (Lipinski definition) is 9. The SMILES string of the molecule is CCNC(=O)CN1CCN(CC(=O)NCC)CCN(CC(=O)NCC)[C@@H](Cc2ccc(N)cc2)CN(CC(=O)NCC)CC1. The largest absolute Gasteiger partial charge is 0.399 e. The highest BCUT2D eigenvalue weighted by atomic mass is 16.2. The van der Waals surface area contributed by atoms with Gasteiger partial charge in [-0.05, 0) is 51.8 Å². The summed E-state index contributed by atoms with van der Waals surface area (Å²) in [4.78, 5) is 59.5. The molecular weight excluding hydrogens is 562 g/mol. The summed E-state index contributed by atoms with van der Waals surface area (Å²) in [6.45, 7) is 14.5. The fraction of sp³-hybridized carbons (Fsp3) is 0.677. The van der Waals surface area contributed by atoms with E-state index in [4.69, 9.17) is 5.73 Å². The molecule has 2 rings (SSSR count). The number of benzene rings is 1. The highest BCUT2D eigenvalue weighted by Gasteiger charge is 2.27. The van der Waals surface area contributed by atoms with Gasteiger partial charge in [-0.1, -0.05) is 12.1 Å². The standard InChI is InChI=1S/C31H55N9O4/c1-5-33-28(41)21-37-13-14-38(22-29(42)34-6-2)17-18-40(24-31(44)36-8-4)27(19-25-9-11-26(32)12-10-25)20-39(16-15-37)23-30(43)35-7-3/h9-12,27H,5-8,13-24,32H2,1-4H3,(H,33,41)(H,34,42)(H,35,43)(H,36,44)/t27-/m0/s1. The quantitative estimate of drug-likeness (QED) is 0.164. The maximum Gasteiger partial charge on any atom is 0.234 e. The first-order valence-electron chi connectivity index (χ1n) is 16.0. The Morgan fingerprint density at radius 1 is 0.614 bits per heavy atom. The third-order valence-corrected chi connectivity index (χ3v) is 7.55. The molecule has 44 heavy (non-hydrogen) atoms. The predicted molar refractivity (Wildman–Crippen MR) is 174 cm³/mol. The molecule has 1 aliphatic heterocycles. The molecule has 6 N–H and O–H groups in total. The van der Waals surface area contributed by atoms with Crippen LogP contribution in [0.25, 0.3) is 0 Å². The van der Waals surface area contributed by atoms with Crippen molar-refractivity contribution >= 4 is 29.3 Å². The third-order valence-electron chi connectivity index (χ3n) is 7.55. The van der Waals surface area contributed by atoms with Crippen LogP contribution >= 0.6 is 0 Å². The molecule has 1 saturated heterocycles. The number of carbonyl (C=O) groups is 4. The summed E-state index contributed by atoms with van der Waals surface area (Å²) >= 11 is 0. The lowest BCUT2D eigenvalue weighted by atomic mass is 10.0. The Labute approximate surface area is 263 Å². The number of nitrogens with zero attached hydrogens (tertiary/aromatic N) is 4. The van der Waals surface area contributed by atoms with E-state index in [0.29, 0.717) is 84.1 Å². The van der Waals surface area contributed by atoms with Crippen LogP contribution in [-0.2, 0) is 25.6 Å². The number of nitrogens with two attached hydrogens (primary N) is 1. The van der Waals surface area contributed by atoms with Gasteiger partial charge in [0.2, 0.25) is 23.6 Å². The molecule has 0 saturated carbocycles. The van der Waals surface area contributed by atoms with E-state index >= 15 is 0 Å². The van der Waals surface area contributed by atoms with Crippen molar-refractivity contribution in [3.8, 4) is 0 Å². The molecule has 0 spiro atoms. The Hall–Kier alpha value is -3.26. The van der Waals surface area contributed by atoms with Gasteiger partial charge in [-0.15, -0.1) is 0 Å². The minimum Gasteiger partial charge on any atom is -0.399 e. The molecule has 4 amide bonds. The van der Waals surface area contributed by atoms with E-state index in [1.165, 1.54) is 0 Å². The van der Waals surface area contributed by atoms with Gasteiger partial charge in [0.15, 0.2) is 0 Å². The van der Waals surface area contributed by atoms with Crippen molar-refractivity contribution in [3.05, 3.63) is 29.8 Å². The van der Waals surface area contributed by atoms with Crippen LogP contribution in [0.15, 0.2) is 24.3 Å². The number of nitrogens with one attached hydrogen (secondary N) is 4. The number of hydrogen-bond donors (Lipinski definition) is 5. The Bertz CT molecular complexity index is 1020. The molecule has 248 valence electrons. The second kappa shape index (κ2) is 20.7. The van der Waals surface area contributed by atoms with Gasteiger partial charge in [0.25, 0.3) is 0 Å². The Kier molecular flexibility index (Phi) is 17.3. The van der Waals surface area contributed by atoms with Crippen LogP contribution in [0, 0.1) is 0 Å². The van der Waals surface area contributed by atoms with E-state index in [-0.39, 0.29) is 55.8 Å². The molecule has 0 aromatic heterocycles. The first kappa shape index (κ1) is 36.9. The number of anilines is 1. The Balaban J connectivity index is 2.47. The van der Waals surface area contributed by atoms with Crippen molar-refractivity contribution in [2.24, 2.45) is 0 Å². The minimum absolute atomic E-state index is 0.0560. The van der Waals surface area contributed by atoms with Gasteiger partial charge in [-0.25, -0.2) is 0 Å². The van der Waals surface area contributed by atoms with Gasteiger partial charge in [-0.3, -0.25) is 38.8 Å². The molecule has 0 radical (unpaired) electrons. The molecule has 0 bridgehead atoms. The zero-order chi connectivity index (χ0) is 32.3. The van der Waals surface area contributed by atoms with Crippen molar-refractivity contribution in [2.75, 3.05) is 104 Å². The molecular formula is C31H55N9O4. The van der Waals surface area contributed by atoms with Crippen molar-refractivity contribution < 1.29 is 19.2 Å². The van der Waals surface area contributed by atoms with E-state index < -0.39 is 0 Å². The van der Waals surface area contributed by atoms with Crippen molar-refractivity contribution in [2.45, 2.75) is 40.2 Å². The number of amides is 4. The second-order valence-corrected chi connectivity index (χ2v) is 11.2. The first-order valence-corrected chi connectivity index (χ1v) is 16.0. The number of carbonyl (C=O) groups excluding carboxylic acids is 4. The van der Waals surface area contributed by atoms with Gasteiger partial charge in [0, 0.05) is 83.7 Å². The minimum atomic E-state index is -0.113. The summed E-state index contributed by atoms with van der Waals surface area (Å²) in [7, 11) is 0. The van der Waals surface area contributed by atoms with Crippen LogP contribution in [0.5, 0.6) is 0 Å². The van der Waals surface area contributed by atoms with Crippen LogP contribution < -0.4 is 27.0 Å². The molecule has 1 aromatic carbocycles. The molecule has 0 aliphatic carbocycles. The number of nitrogen functional groups attached to an aromatic ring is 1. The summed E-state index contributed by atoms with van der Waals surface area (Å²) in [6, 6.07) is 7.63. The van der Waals surface area contributed by atoms with E-state index in [2.05, 4.69) is 40.9 Å². The average Bonchev–Trinajstić information content (AvgIpc) is 2.96. The topological polar surface area (TPSA) is 155 Å². The molecule has 1 aromatic rings. The van der Waals surface area contributed by atoms with Gasteiger partial charge in [-0.2, -0.15) is 0 Å². The number of rotatable bonds is 14. The molecule has 0 unspecified atom stereocenters. The van der Waals surface area contributed by atoms with E-state index in [1.807, 2.05) is 52.0 Å². The predicted octanol–water partition coefficient (Wildman–Crippen LogP) is -1.05. The summed E-state index contributed by atoms with van der Waals surface area (Å²) < 4.78 is 0.